The molecule has 0 spiro atoms. The Morgan fingerprint density at radius 2 is 2.14 bits per heavy atom. The average molecular weight is 325 g/mol. The molecule has 2 amide bonds. The molecule has 22 heavy (non-hydrogen) atoms. The average Bonchev–Trinajstić information content (AvgIpc) is 2.87. The molecule has 0 aromatic heterocycles. The fourth-order valence-electron chi connectivity index (χ4n) is 2.60. The maximum atomic E-state index is 12.1. The van der Waals surface area contributed by atoms with Crippen LogP contribution in [0.3, 0.4) is 0 Å². The van der Waals surface area contributed by atoms with Crippen LogP contribution in [0.5, 0.6) is 0 Å². The van der Waals surface area contributed by atoms with Crippen molar-refractivity contribution in [3.05, 3.63) is 34.9 Å². The maximum absolute atomic E-state index is 12.1. The minimum absolute atomic E-state index is 0.00167. The van der Waals surface area contributed by atoms with Crippen molar-refractivity contribution in [1.29, 1.82) is 0 Å². The number of likely N-dealkylation sites (tertiary alicyclic amines) is 1. The summed E-state index contributed by atoms with van der Waals surface area (Å²) in [6, 6.07) is 7.07. The number of rotatable bonds is 5. The highest BCUT2D eigenvalue weighted by molar-refractivity contribution is 6.31. The Labute approximate surface area is 135 Å². The predicted molar refractivity (Wildman–Crippen MR) is 84.4 cm³/mol. The van der Waals surface area contributed by atoms with Crippen LogP contribution in [0.15, 0.2) is 24.3 Å². The van der Waals surface area contributed by atoms with Gasteiger partial charge < -0.3 is 15.3 Å². The Bertz CT molecular complexity index is 562. The number of aliphatic hydroxyl groups is 1. The van der Waals surface area contributed by atoms with E-state index in [1.165, 1.54) is 0 Å². The molecule has 1 saturated heterocycles. The predicted octanol–water partition coefficient (Wildman–Crippen LogP) is 1.75. The van der Waals surface area contributed by atoms with Gasteiger partial charge in [0.1, 0.15) is 0 Å². The van der Waals surface area contributed by atoms with Crippen molar-refractivity contribution in [3.8, 4) is 0 Å². The smallest absolute Gasteiger partial charge is 0.225 e. The SMILES string of the molecule is CC(C)N1CC(C(=O)NCC(O)c2ccccc2Cl)CC1=O. The van der Waals surface area contributed by atoms with Crippen LogP contribution >= 0.6 is 11.6 Å². The van der Waals surface area contributed by atoms with Gasteiger partial charge in [-0.25, -0.2) is 0 Å². The van der Waals surface area contributed by atoms with Gasteiger partial charge in [0.2, 0.25) is 11.8 Å². The van der Waals surface area contributed by atoms with E-state index >= 15 is 0 Å². The first-order chi connectivity index (χ1) is 10.4. The summed E-state index contributed by atoms with van der Waals surface area (Å²) in [5, 5.41) is 13.3. The zero-order valence-corrected chi connectivity index (χ0v) is 13.5. The van der Waals surface area contributed by atoms with Crippen LogP contribution in [0.25, 0.3) is 0 Å². The second kappa shape index (κ2) is 7.11. The normalized spacial score (nSPS) is 19.6. The van der Waals surface area contributed by atoms with Crippen LogP contribution in [0.4, 0.5) is 0 Å². The first-order valence-electron chi connectivity index (χ1n) is 7.39. The summed E-state index contributed by atoms with van der Waals surface area (Å²) in [6.07, 6.45) is -0.636. The van der Waals surface area contributed by atoms with Crippen LogP contribution in [-0.2, 0) is 9.59 Å². The number of hydrogen-bond donors (Lipinski definition) is 2. The summed E-state index contributed by atoms with van der Waals surface area (Å²) >= 11 is 6.01. The molecule has 1 heterocycles. The molecule has 2 N–H and O–H groups in total. The minimum atomic E-state index is -0.865. The highest BCUT2D eigenvalue weighted by Crippen LogP contribution is 2.23. The summed E-state index contributed by atoms with van der Waals surface area (Å²) in [7, 11) is 0. The lowest BCUT2D eigenvalue weighted by Crippen LogP contribution is -2.37. The van der Waals surface area contributed by atoms with E-state index in [1.54, 1.807) is 29.2 Å². The molecule has 1 aromatic carbocycles. The van der Waals surface area contributed by atoms with E-state index in [-0.39, 0.29) is 36.7 Å². The van der Waals surface area contributed by atoms with Crippen LogP contribution in [0.1, 0.15) is 31.9 Å². The fourth-order valence-corrected chi connectivity index (χ4v) is 2.86. The number of halogens is 1. The Kier molecular flexibility index (Phi) is 5.42. The van der Waals surface area contributed by atoms with Gasteiger partial charge in [-0.05, 0) is 19.9 Å². The third-order valence-electron chi connectivity index (χ3n) is 3.89. The van der Waals surface area contributed by atoms with E-state index in [4.69, 9.17) is 11.6 Å². The number of carbonyl (C=O) groups is 2. The number of amides is 2. The molecule has 2 rings (SSSR count). The second-order valence-electron chi connectivity index (χ2n) is 5.82. The van der Waals surface area contributed by atoms with E-state index in [2.05, 4.69) is 5.32 Å². The molecule has 0 bridgehead atoms. The summed E-state index contributed by atoms with van der Waals surface area (Å²) in [4.78, 5) is 25.7. The third-order valence-corrected chi connectivity index (χ3v) is 4.23. The summed E-state index contributed by atoms with van der Waals surface area (Å²) in [6.45, 7) is 4.37. The van der Waals surface area contributed by atoms with Gasteiger partial charge in [-0.2, -0.15) is 0 Å². The molecule has 5 nitrogen and oxygen atoms in total. The van der Waals surface area contributed by atoms with Crippen molar-refractivity contribution in [2.45, 2.75) is 32.4 Å². The topological polar surface area (TPSA) is 69.6 Å². The molecule has 1 aliphatic rings. The van der Waals surface area contributed by atoms with E-state index in [0.717, 1.165) is 0 Å². The van der Waals surface area contributed by atoms with Gasteiger partial charge in [0, 0.05) is 36.1 Å². The van der Waals surface area contributed by atoms with Crippen molar-refractivity contribution >= 4 is 23.4 Å². The number of nitrogens with one attached hydrogen (secondary N) is 1. The number of nitrogens with zero attached hydrogens (tertiary/aromatic N) is 1. The zero-order valence-electron chi connectivity index (χ0n) is 12.8. The van der Waals surface area contributed by atoms with Gasteiger partial charge in [-0.1, -0.05) is 29.8 Å². The van der Waals surface area contributed by atoms with E-state index in [9.17, 15) is 14.7 Å². The summed E-state index contributed by atoms with van der Waals surface area (Å²) < 4.78 is 0. The first kappa shape index (κ1) is 16.8. The Morgan fingerprint density at radius 1 is 1.45 bits per heavy atom. The summed E-state index contributed by atoms with van der Waals surface area (Å²) in [5.74, 6) is -0.558. The number of hydrogen-bond acceptors (Lipinski definition) is 3. The van der Waals surface area contributed by atoms with Crippen LogP contribution in [0, 0.1) is 5.92 Å². The lowest BCUT2D eigenvalue weighted by molar-refractivity contribution is -0.130. The molecule has 0 aliphatic carbocycles. The van der Waals surface area contributed by atoms with Crippen LogP contribution in [0.2, 0.25) is 5.02 Å². The van der Waals surface area contributed by atoms with Crippen molar-refractivity contribution in [1.82, 2.24) is 10.2 Å². The fraction of sp³-hybridized carbons (Fsp3) is 0.500. The van der Waals surface area contributed by atoms with Gasteiger partial charge >= 0.3 is 0 Å². The molecule has 1 fully saturated rings. The quantitative estimate of drug-likeness (QED) is 0.867. The zero-order chi connectivity index (χ0) is 16.3. The molecule has 0 saturated carbocycles. The number of benzene rings is 1. The van der Waals surface area contributed by atoms with E-state index < -0.39 is 6.10 Å². The monoisotopic (exact) mass is 324 g/mol. The number of carbonyl (C=O) groups excluding carboxylic acids is 2. The van der Waals surface area contributed by atoms with Crippen LogP contribution < -0.4 is 5.32 Å². The molecular weight excluding hydrogens is 304 g/mol. The lowest BCUT2D eigenvalue weighted by atomic mass is 10.1. The van der Waals surface area contributed by atoms with E-state index in [0.29, 0.717) is 17.1 Å². The van der Waals surface area contributed by atoms with Crippen molar-refractivity contribution in [2.75, 3.05) is 13.1 Å². The Balaban J connectivity index is 1.88. The van der Waals surface area contributed by atoms with Gasteiger partial charge in [0.15, 0.2) is 0 Å². The molecule has 1 aromatic rings. The standard InChI is InChI=1S/C16H21ClN2O3/c1-10(2)19-9-11(7-15(19)21)16(22)18-8-14(20)12-5-3-4-6-13(12)17/h3-6,10-11,14,20H,7-9H2,1-2H3,(H,18,22). The Morgan fingerprint density at radius 3 is 2.73 bits per heavy atom. The van der Waals surface area contributed by atoms with E-state index in [1.807, 2.05) is 13.8 Å². The third kappa shape index (κ3) is 3.78. The van der Waals surface area contributed by atoms with Gasteiger partial charge in [-0.15, -0.1) is 0 Å². The van der Waals surface area contributed by atoms with Crippen molar-refractivity contribution < 1.29 is 14.7 Å². The molecule has 2 unspecified atom stereocenters. The number of aliphatic hydroxyl groups excluding tert-OH is 1. The largest absolute Gasteiger partial charge is 0.387 e. The second-order valence-corrected chi connectivity index (χ2v) is 6.23. The highest BCUT2D eigenvalue weighted by atomic mass is 35.5. The molecule has 1 aliphatic heterocycles. The summed E-state index contributed by atoms with van der Waals surface area (Å²) in [5.41, 5.74) is 0.579. The Hall–Kier alpha value is -1.59. The van der Waals surface area contributed by atoms with Gasteiger partial charge in [-0.3, -0.25) is 9.59 Å². The molecule has 6 heteroatoms. The van der Waals surface area contributed by atoms with Crippen LogP contribution in [-0.4, -0.2) is 41.0 Å². The molecule has 0 radical (unpaired) electrons. The van der Waals surface area contributed by atoms with Crippen molar-refractivity contribution in [3.63, 3.8) is 0 Å². The van der Waals surface area contributed by atoms with Gasteiger partial charge in [0.05, 0.1) is 12.0 Å². The van der Waals surface area contributed by atoms with Crippen molar-refractivity contribution in [2.24, 2.45) is 5.92 Å². The molecule has 120 valence electrons. The van der Waals surface area contributed by atoms with Gasteiger partial charge in [0.25, 0.3) is 0 Å². The first-order valence-corrected chi connectivity index (χ1v) is 7.77. The maximum Gasteiger partial charge on any atom is 0.225 e. The minimum Gasteiger partial charge on any atom is -0.387 e. The molecular formula is C16H21ClN2O3. The molecule has 2 atom stereocenters. The lowest BCUT2D eigenvalue weighted by Gasteiger charge is -2.21. The highest BCUT2D eigenvalue weighted by Gasteiger charge is 2.35.